The first kappa shape index (κ1) is 46.3. The van der Waals surface area contributed by atoms with Gasteiger partial charge in [-0.25, -0.2) is 35.4 Å². The molecule has 10 heteroatoms. The van der Waals surface area contributed by atoms with E-state index in [0.29, 0.717) is 13.2 Å². The minimum atomic E-state index is 0. The minimum Gasteiger partial charge on any atom is -0.214 e. The van der Waals surface area contributed by atoms with E-state index in [9.17, 15) is 0 Å². The molecule has 2 aliphatic heterocycles. The first-order valence-electron chi connectivity index (χ1n) is 13.4. The second-order valence-corrected chi connectivity index (χ2v) is 11.3. The Morgan fingerprint density at radius 1 is 0.636 bits per heavy atom. The molecule has 44 heavy (non-hydrogen) atoms. The van der Waals surface area contributed by atoms with Crippen LogP contribution in [0.4, 0.5) is 0 Å². The molecular weight excluding hydrogens is 1050 g/mol. The minimum absolute atomic E-state index is 0. The summed E-state index contributed by atoms with van der Waals surface area (Å²) in [6.45, 7) is 14.5. The van der Waals surface area contributed by atoms with Gasteiger partial charge >= 0.3 is 104 Å². The maximum Gasteiger partial charge on any atom is -0.172 e. The molecule has 0 saturated heterocycles. The third-order valence-electron chi connectivity index (χ3n) is 6.07. The zero-order valence-corrected chi connectivity index (χ0v) is 35.2. The van der Waals surface area contributed by atoms with Gasteiger partial charge in [0.05, 0.1) is 25.3 Å². The van der Waals surface area contributed by atoms with Crippen LogP contribution in [0.25, 0.3) is 0 Å². The van der Waals surface area contributed by atoms with Gasteiger partial charge in [0, 0.05) is 11.8 Å². The molecule has 0 aliphatic carbocycles. The Morgan fingerprint density at radius 3 is 1.14 bits per heavy atom. The largest absolute Gasteiger partial charge is 0.214 e. The zero-order valence-electron chi connectivity index (χ0n) is 25.6. The van der Waals surface area contributed by atoms with Gasteiger partial charge in [-0.1, -0.05) is 41.5 Å². The number of ether oxygens (including phenoxy) is 2. The number of hydrogen-bond donors (Lipinski definition) is 0. The van der Waals surface area contributed by atoms with Crippen molar-refractivity contribution in [3.63, 3.8) is 0 Å². The van der Waals surface area contributed by atoms with Crippen molar-refractivity contribution >= 4 is 50.8 Å². The molecular formula is C34H40Fe2I2N2O2Pd2. The van der Waals surface area contributed by atoms with Gasteiger partial charge in [-0.3, -0.25) is 48.5 Å². The number of hydrogen-bond acceptors (Lipinski definition) is 4. The summed E-state index contributed by atoms with van der Waals surface area (Å²) in [6.07, 6.45) is 0. The quantitative estimate of drug-likeness (QED) is 0.114. The number of halogens is 2. The van der Waals surface area contributed by atoms with Crippen molar-refractivity contribution < 1.29 is 74.8 Å². The van der Waals surface area contributed by atoms with Crippen LogP contribution in [0.5, 0.6) is 0 Å². The second-order valence-electron chi connectivity index (χ2n) is 11.3. The van der Waals surface area contributed by atoms with Crippen LogP contribution in [0.15, 0.2) is 107 Å². The van der Waals surface area contributed by atoms with E-state index >= 15 is 0 Å². The molecule has 0 amide bonds. The number of aliphatic imine (C=N–C) groups is 2. The molecule has 0 N–H and O–H groups in total. The van der Waals surface area contributed by atoms with E-state index < -0.39 is 0 Å². The standard InChI is InChI=1S/2C12H15NO.2C5H5.2Fe.2HI.2Pd/c2*1-12(2,3)10-8-14-11(13-10)9-6-4-5-7-9;2*1-2-4-5-3-1;;;;;;/h2*4-6,10H,8H2,1-3H3;2*1-5H;;;2*1H;;/q2*-2;2*-1;2*+2;;;2*+2/p-2/t2*10-;;;;;;;;/m11......../s1. The van der Waals surface area contributed by atoms with E-state index in [0.717, 1.165) is 22.9 Å². The molecule has 4 aromatic carbocycles. The third-order valence-corrected chi connectivity index (χ3v) is 6.07. The summed E-state index contributed by atoms with van der Waals surface area (Å²) in [4.78, 5) is 9.13. The van der Waals surface area contributed by atoms with Crippen molar-refractivity contribution in [1.82, 2.24) is 0 Å². The van der Waals surface area contributed by atoms with E-state index in [4.69, 9.17) is 9.47 Å². The van der Waals surface area contributed by atoms with Crippen LogP contribution in [0.2, 0.25) is 0 Å². The predicted octanol–water partition coefficient (Wildman–Crippen LogP) is 9.37. The molecule has 0 fully saturated rings. The maximum atomic E-state index is 5.56. The zero-order chi connectivity index (χ0) is 31.4. The van der Waals surface area contributed by atoms with Crippen molar-refractivity contribution in [1.29, 1.82) is 0 Å². The second kappa shape index (κ2) is 26.2. The Bertz CT molecular complexity index is 1070. The molecule has 0 radical (unpaired) electrons. The number of nitrogens with zero attached hydrogens (tertiary/aromatic N) is 2. The van der Waals surface area contributed by atoms with Crippen LogP contribution in [-0.4, -0.2) is 37.1 Å². The van der Waals surface area contributed by atoms with Crippen molar-refractivity contribution in [2.24, 2.45) is 20.8 Å². The molecule has 0 spiro atoms. The molecule has 0 saturated carbocycles. The molecule has 2 heterocycles. The molecule has 6 rings (SSSR count). The van der Waals surface area contributed by atoms with Crippen molar-refractivity contribution in [3.05, 3.63) is 120 Å². The maximum absolute atomic E-state index is 5.56. The monoisotopic (exact) mass is 1090 g/mol. The molecule has 4 aromatic rings. The summed E-state index contributed by atoms with van der Waals surface area (Å²) in [6, 6.07) is 38.3. The summed E-state index contributed by atoms with van der Waals surface area (Å²) >= 11 is 9.44. The van der Waals surface area contributed by atoms with Gasteiger partial charge in [0.2, 0.25) is 0 Å². The Balaban J connectivity index is 0. The van der Waals surface area contributed by atoms with Gasteiger partial charge in [0.15, 0.2) is 0 Å². The summed E-state index contributed by atoms with van der Waals surface area (Å²) in [5, 5.41) is 0. The van der Waals surface area contributed by atoms with Gasteiger partial charge in [0.25, 0.3) is 0 Å². The Labute approximate surface area is 329 Å². The van der Waals surface area contributed by atoms with Crippen molar-refractivity contribution in [2.75, 3.05) is 13.2 Å². The van der Waals surface area contributed by atoms with Crippen LogP contribution in [0.1, 0.15) is 52.7 Å². The van der Waals surface area contributed by atoms with Gasteiger partial charge < -0.3 is 19.5 Å². The fourth-order valence-corrected chi connectivity index (χ4v) is 3.50. The van der Waals surface area contributed by atoms with Crippen LogP contribution in [0.3, 0.4) is 0 Å². The average molecular weight is 1090 g/mol. The van der Waals surface area contributed by atoms with Crippen LogP contribution >= 0.6 is 39.0 Å². The van der Waals surface area contributed by atoms with E-state index in [1.54, 1.807) is 0 Å². The van der Waals surface area contributed by atoms with Crippen LogP contribution in [-0.2, 0) is 74.8 Å². The van der Waals surface area contributed by atoms with E-state index in [1.165, 1.54) is 0 Å². The third kappa shape index (κ3) is 18.5. The fraction of sp³-hybridized carbons (Fsp3) is 0.353. The van der Waals surface area contributed by atoms with Crippen molar-refractivity contribution in [3.8, 4) is 0 Å². The van der Waals surface area contributed by atoms with Gasteiger partial charge in [-0.15, -0.1) is 0 Å². The van der Waals surface area contributed by atoms with E-state index in [-0.39, 0.29) is 57.1 Å². The Hall–Kier alpha value is 0.164. The molecule has 0 aromatic heterocycles. The van der Waals surface area contributed by atoms with Crippen molar-refractivity contribution in [2.45, 2.75) is 53.6 Å². The van der Waals surface area contributed by atoms with Gasteiger partial charge in [-0.2, -0.15) is 36.4 Å². The molecule has 2 atom stereocenters. The summed E-state index contributed by atoms with van der Waals surface area (Å²) in [5.74, 6) is 1.49. The van der Waals surface area contributed by atoms with E-state index in [1.807, 2.05) is 136 Å². The molecule has 248 valence electrons. The summed E-state index contributed by atoms with van der Waals surface area (Å²) in [7, 11) is 0. The topological polar surface area (TPSA) is 43.2 Å². The predicted molar refractivity (Wildman–Crippen MR) is 185 cm³/mol. The fourth-order valence-electron chi connectivity index (χ4n) is 3.50. The SMILES string of the molecule is CC(C)(C)[C@H]1COC(c2[c-]cc[cH-]2)=N1.CC(C)(C)[C@H]1COC(c2[c-]cc[cH-]2)=N1.[Fe+2].[Fe+2].[Pd+][I].[Pd+][I].c1cc[cH-]c1.c1cc[cH-]c1. The van der Waals surface area contributed by atoms with E-state index in [2.05, 4.69) is 94.8 Å². The molecule has 0 bridgehead atoms. The molecule has 4 nitrogen and oxygen atoms in total. The van der Waals surface area contributed by atoms with Crippen LogP contribution < -0.4 is 0 Å². The van der Waals surface area contributed by atoms with Gasteiger partial charge in [0.1, 0.15) is 0 Å². The number of rotatable bonds is 2. The first-order valence-corrected chi connectivity index (χ1v) is 22.7. The Morgan fingerprint density at radius 2 is 0.955 bits per heavy atom. The summed E-state index contributed by atoms with van der Waals surface area (Å²) in [5.41, 5.74) is 2.29. The van der Waals surface area contributed by atoms with Gasteiger partial charge in [-0.05, 0) is 10.8 Å². The average Bonchev–Trinajstić information content (AvgIpc) is 3.85. The molecule has 0 unspecified atom stereocenters. The normalized spacial score (nSPS) is 16.1. The Kier molecular flexibility index (Phi) is 27.5. The summed E-state index contributed by atoms with van der Waals surface area (Å²) < 4.78 is 11.1. The smallest absolute Gasteiger partial charge is 0.172 e. The first-order chi connectivity index (χ1) is 20.1. The molecule has 2 aliphatic rings. The van der Waals surface area contributed by atoms with Crippen LogP contribution in [0, 0.1) is 23.0 Å².